The SMILES string of the molecule is N#Cc1nc(-c2cccs2)c2nn(-c3ccccc3)cc2c1-c1cccs1. The predicted octanol–water partition coefficient (Wildman–Crippen LogP) is 5.75. The molecule has 0 N–H and O–H groups in total. The highest BCUT2D eigenvalue weighted by Gasteiger charge is 2.21. The van der Waals surface area contributed by atoms with Crippen LogP contribution in [0.25, 0.3) is 37.6 Å². The fourth-order valence-corrected chi connectivity index (χ4v) is 4.63. The minimum atomic E-state index is 0.431. The number of para-hydroxylation sites is 1. The summed E-state index contributed by atoms with van der Waals surface area (Å²) in [5.41, 5.74) is 3.82. The molecule has 0 bridgehead atoms. The number of thiophene rings is 2. The quantitative estimate of drug-likeness (QED) is 0.398. The fraction of sp³-hybridized carbons (Fsp3) is 0. The van der Waals surface area contributed by atoms with E-state index in [2.05, 4.69) is 6.07 Å². The van der Waals surface area contributed by atoms with Gasteiger partial charge >= 0.3 is 0 Å². The fourth-order valence-electron chi connectivity index (χ4n) is 3.13. The Kier molecular flexibility index (Phi) is 3.82. The van der Waals surface area contributed by atoms with Crippen LogP contribution in [0.1, 0.15) is 5.69 Å². The van der Waals surface area contributed by atoms with Gasteiger partial charge in [0.15, 0.2) is 5.69 Å². The van der Waals surface area contributed by atoms with Gasteiger partial charge in [-0.3, -0.25) is 0 Å². The van der Waals surface area contributed by atoms with Crippen molar-refractivity contribution in [2.75, 3.05) is 0 Å². The Balaban J connectivity index is 1.88. The average molecular weight is 384 g/mol. The van der Waals surface area contributed by atoms with Crippen molar-refractivity contribution in [1.82, 2.24) is 14.8 Å². The second-order valence-corrected chi connectivity index (χ2v) is 7.82. The molecule has 0 unspecified atom stereocenters. The van der Waals surface area contributed by atoms with E-state index in [0.717, 1.165) is 37.6 Å². The van der Waals surface area contributed by atoms with Crippen LogP contribution >= 0.6 is 22.7 Å². The van der Waals surface area contributed by atoms with Crippen molar-refractivity contribution in [2.45, 2.75) is 0 Å². The number of benzene rings is 1. The van der Waals surface area contributed by atoms with Gasteiger partial charge in [-0.2, -0.15) is 10.4 Å². The van der Waals surface area contributed by atoms with Gasteiger partial charge in [-0.25, -0.2) is 9.67 Å². The Morgan fingerprint density at radius 3 is 2.30 bits per heavy atom. The van der Waals surface area contributed by atoms with Gasteiger partial charge in [-0.05, 0) is 35.0 Å². The number of nitriles is 1. The highest BCUT2D eigenvalue weighted by Crippen LogP contribution is 2.39. The number of nitrogens with zero attached hydrogens (tertiary/aromatic N) is 4. The average Bonchev–Trinajstić information content (AvgIpc) is 3.48. The summed E-state index contributed by atoms with van der Waals surface area (Å²) in [7, 11) is 0. The lowest BCUT2D eigenvalue weighted by atomic mass is 10.1. The number of rotatable bonds is 3. The third kappa shape index (κ3) is 2.65. The molecule has 0 saturated heterocycles. The molecule has 0 amide bonds. The van der Waals surface area contributed by atoms with E-state index in [1.54, 1.807) is 22.7 Å². The molecule has 6 heteroatoms. The van der Waals surface area contributed by atoms with Gasteiger partial charge in [0.2, 0.25) is 0 Å². The van der Waals surface area contributed by atoms with Crippen LogP contribution in [0.5, 0.6) is 0 Å². The molecule has 5 aromatic rings. The summed E-state index contributed by atoms with van der Waals surface area (Å²) >= 11 is 3.20. The third-order valence-corrected chi connectivity index (χ3v) is 6.08. The van der Waals surface area contributed by atoms with E-state index in [0.29, 0.717) is 5.69 Å². The maximum Gasteiger partial charge on any atom is 0.150 e. The van der Waals surface area contributed by atoms with Crippen molar-refractivity contribution in [2.24, 2.45) is 0 Å². The van der Waals surface area contributed by atoms with Crippen LogP contribution in [-0.2, 0) is 0 Å². The molecule has 27 heavy (non-hydrogen) atoms. The smallest absolute Gasteiger partial charge is 0.150 e. The lowest BCUT2D eigenvalue weighted by Crippen LogP contribution is -1.94. The van der Waals surface area contributed by atoms with Crippen LogP contribution in [0.15, 0.2) is 71.6 Å². The molecule has 0 aliphatic carbocycles. The first-order valence-electron chi connectivity index (χ1n) is 8.32. The Bertz CT molecular complexity index is 1260. The monoisotopic (exact) mass is 384 g/mol. The zero-order valence-electron chi connectivity index (χ0n) is 14.0. The number of aromatic nitrogens is 3. The van der Waals surface area contributed by atoms with E-state index in [9.17, 15) is 5.26 Å². The maximum atomic E-state index is 9.79. The second-order valence-electron chi connectivity index (χ2n) is 5.92. The van der Waals surface area contributed by atoms with E-state index >= 15 is 0 Å². The second kappa shape index (κ2) is 6.47. The summed E-state index contributed by atoms with van der Waals surface area (Å²) in [6.45, 7) is 0. The summed E-state index contributed by atoms with van der Waals surface area (Å²) in [5, 5.41) is 19.6. The van der Waals surface area contributed by atoms with Gasteiger partial charge in [-0.1, -0.05) is 30.3 Å². The van der Waals surface area contributed by atoms with Crippen LogP contribution in [-0.4, -0.2) is 14.8 Å². The molecule has 4 heterocycles. The van der Waals surface area contributed by atoms with Crippen LogP contribution in [0.2, 0.25) is 0 Å². The number of fused-ring (bicyclic) bond motifs is 1. The van der Waals surface area contributed by atoms with Gasteiger partial charge in [0, 0.05) is 22.0 Å². The first-order chi connectivity index (χ1) is 13.3. The van der Waals surface area contributed by atoms with E-state index < -0.39 is 0 Å². The van der Waals surface area contributed by atoms with Gasteiger partial charge in [0.25, 0.3) is 0 Å². The van der Waals surface area contributed by atoms with Crippen LogP contribution < -0.4 is 0 Å². The van der Waals surface area contributed by atoms with E-state index in [4.69, 9.17) is 10.1 Å². The lowest BCUT2D eigenvalue weighted by Gasteiger charge is -2.06. The normalized spacial score (nSPS) is 10.9. The highest BCUT2D eigenvalue weighted by atomic mass is 32.1. The molecule has 0 aliphatic rings. The first kappa shape index (κ1) is 15.9. The third-order valence-electron chi connectivity index (χ3n) is 4.32. The van der Waals surface area contributed by atoms with Gasteiger partial charge < -0.3 is 0 Å². The van der Waals surface area contributed by atoms with Crippen molar-refractivity contribution in [3.05, 3.63) is 77.2 Å². The minimum Gasteiger partial charge on any atom is -0.240 e. The molecular formula is C21H12N4S2. The Hall–Kier alpha value is -3.27. The molecule has 4 nitrogen and oxygen atoms in total. The van der Waals surface area contributed by atoms with Crippen LogP contribution in [0, 0.1) is 11.3 Å². The van der Waals surface area contributed by atoms with Crippen molar-refractivity contribution in [3.8, 4) is 32.8 Å². The molecule has 4 aromatic heterocycles. The van der Waals surface area contributed by atoms with Gasteiger partial charge in [0.05, 0.1) is 10.6 Å². The van der Waals surface area contributed by atoms with Crippen LogP contribution in [0.3, 0.4) is 0 Å². The van der Waals surface area contributed by atoms with Crippen LogP contribution in [0.4, 0.5) is 0 Å². The number of pyridine rings is 1. The predicted molar refractivity (Wildman–Crippen MR) is 110 cm³/mol. The molecule has 0 atom stereocenters. The molecule has 0 saturated carbocycles. The Morgan fingerprint density at radius 1 is 0.889 bits per heavy atom. The van der Waals surface area contributed by atoms with Gasteiger partial charge in [-0.15, -0.1) is 22.7 Å². The maximum absolute atomic E-state index is 9.79. The molecule has 0 aliphatic heterocycles. The zero-order chi connectivity index (χ0) is 18.2. The summed E-state index contributed by atoms with van der Waals surface area (Å²) in [5.74, 6) is 0. The Morgan fingerprint density at radius 2 is 1.63 bits per heavy atom. The molecular weight excluding hydrogens is 372 g/mol. The van der Waals surface area contributed by atoms with Crippen molar-refractivity contribution >= 4 is 33.6 Å². The summed E-state index contributed by atoms with van der Waals surface area (Å²) in [4.78, 5) is 6.73. The van der Waals surface area contributed by atoms with E-state index in [1.165, 1.54) is 0 Å². The lowest BCUT2D eigenvalue weighted by molar-refractivity contribution is 0.896. The van der Waals surface area contributed by atoms with Crippen molar-refractivity contribution < 1.29 is 0 Å². The molecule has 128 valence electrons. The molecule has 1 aromatic carbocycles. The van der Waals surface area contributed by atoms with E-state index in [-0.39, 0.29) is 0 Å². The van der Waals surface area contributed by atoms with Gasteiger partial charge in [0.1, 0.15) is 17.3 Å². The first-order valence-corrected chi connectivity index (χ1v) is 10.1. The zero-order valence-corrected chi connectivity index (χ0v) is 15.7. The Labute approximate surface area is 163 Å². The standard InChI is InChI=1S/C21H12N4S2/c22-12-16-19(17-8-4-10-26-17)15-13-25(14-6-2-1-3-7-14)24-20(15)21(23-16)18-9-5-11-27-18/h1-11,13H. The number of hydrogen-bond donors (Lipinski definition) is 0. The van der Waals surface area contributed by atoms with E-state index in [1.807, 2.05) is 76.2 Å². The summed E-state index contributed by atoms with van der Waals surface area (Å²) in [6, 6.07) is 20.3. The molecule has 0 radical (unpaired) electrons. The summed E-state index contributed by atoms with van der Waals surface area (Å²) in [6.07, 6.45) is 2.00. The molecule has 5 rings (SSSR count). The topological polar surface area (TPSA) is 54.5 Å². The van der Waals surface area contributed by atoms with Crippen molar-refractivity contribution in [1.29, 1.82) is 5.26 Å². The molecule has 0 spiro atoms. The minimum absolute atomic E-state index is 0.431. The highest BCUT2D eigenvalue weighted by molar-refractivity contribution is 7.14. The molecule has 0 fully saturated rings. The summed E-state index contributed by atoms with van der Waals surface area (Å²) < 4.78 is 1.86. The number of hydrogen-bond acceptors (Lipinski definition) is 5. The van der Waals surface area contributed by atoms with Crippen molar-refractivity contribution in [3.63, 3.8) is 0 Å². The largest absolute Gasteiger partial charge is 0.240 e.